The van der Waals surface area contributed by atoms with E-state index in [4.69, 9.17) is 9.47 Å². The molecule has 1 unspecified atom stereocenters. The minimum Gasteiger partial charge on any atom is -0.377 e. The number of rotatable bonds is 2. The number of amides is 1. The van der Waals surface area contributed by atoms with Crippen LogP contribution in [0.15, 0.2) is 17.8 Å². The molecule has 7 nitrogen and oxygen atoms in total. The third-order valence-electron chi connectivity index (χ3n) is 4.31. The summed E-state index contributed by atoms with van der Waals surface area (Å²) < 4.78 is 13.5. The van der Waals surface area contributed by atoms with Gasteiger partial charge in [0.1, 0.15) is 5.60 Å². The zero-order valence-corrected chi connectivity index (χ0v) is 13.7. The van der Waals surface area contributed by atoms with Gasteiger partial charge in [-0.05, 0) is 0 Å². The van der Waals surface area contributed by atoms with E-state index in [1.165, 1.54) is 0 Å². The fraction of sp³-hybridized carbons (Fsp3) is 0.600. The maximum atomic E-state index is 12.6. The van der Waals surface area contributed by atoms with Crippen molar-refractivity contribution in [3.8, 4) is 0 Å². The predicted octanol–water partition coefficient (Wildman–Crippen LogP) is 0.156. The molecule has 0 saturated carbocycles. The summed E-state index contributed by atoms with van der Waals surface area (Å²) in [5, 5.41) is 5.31. The van der Waals surface area contributed by atoms with Gasteiger partial charge in [0.05, 0.1) is 38.5 Å². The third-order valence-corrected chi connectivity index (χ3v) is 5.08. The van der Waals surface area contributed by atoms with Crippen LogP contribution in [0, 0.1) is 0 Å². The van der Waals surface area contributed by atoms with Gasteiger partial charge in [-0.2, -0.15) is 0 Å². The Kier molecular flexibility index (Phi) is 4.06. The first-order chi connectivity index (χ1) is 11.2. The van der Waals surface area contributed by atoms with Crippen LogP contribution in [0.3, 0.4) is 0 Å². The van der Waals surface area contributed by atoms with E-state index < -0.39 is 5.60 Å². The highest BCUT2D eigenvalue weighted by atomic mass is 32.1. The van der Waals surface area contributed by atoms with E-state index >= 15 is 0 Å². The molecule has 1 atom stereocenters. The number of fused-ring (bicyclic) bond motifs is 1. The molecule has 2 aliphatic rings. The number of hydrogen-bond donors (Lipinski definition) is 1. The fourth-order valence-electron chi connectivity index (χ4n) is 3.15. The second-order valence-corrected chi connectivity index (χ2v) is 6.95. The molecule has 2 aliphatic heterocycles. The first-order valence-electron chi connectivity index (χ1n) is 7.85. The van der Waals surface area contributed by atoms with Gasteiger partial charge >= 0.3 is 0 Å². The molecule has 0 aliphatic carbocycles. The van der Waals surface area contributed by atoms with Crippen LogP contribution >= 0.6 is 11.3 Å². The number of imidazole rings is 1. The van der Waals surface area contributed by atoms with Gasteiger partial charge in [-0.15, -0.1) is 11.3 Å². The number of aromatic nitrogens is 2. The Morgan fingerprint density at radius 3 is 3.35 bits per heavy atom. The highest BCUT2D eigenvalue weighted by Gasteiger charge is 2.39. The Morgan fingerprint density at radius 2 is 2.43 bits per heavy atom. The van der Waals surface area contributed by atoms with Gasteiger partial charge in [-0.1, -0.05) is 0 Å². The van der Waals surface area contributed by atoms with Crippen LogP contribution in [0.2, 0.25) is 0 Å². The maximum absolute atomic E-state index is 12.6. The molecule has 2 aromatic heterocycles. The largest absolute Gasteiger partial charge is 0.377 e. The normalized spacial score (nSPS) is 25.8. The average Bonchev–Trinajstić information content (AvgIpc) is 3.05. The van der Waals surface area contributed by atoms with Gasteiger partial charge < -0.3 is 19.7 Å². The lowest BCUT2D eigenvalue weighted by atomic mass is 10.0. The van der Waals surface area contributed by atoms with Gasteiger partial charge in [-0.3, -0.25) is 9.20 Å². The molecule has 0 bridgehead atoms. The van der Waals surface area contributed by atoms with Crippen molar-refractivity contribution in [2.45, 2.75) is 12.0 Å². The van der Waals surface area contributed by atoms with E-state index in [2.05, 4.69) is 10.3 Å². The summed E-state index contributed by atoms with van der Waals surface area (Å²) in [5.74, 6) is 0.0997. The molecule has 2 saturated heterocycles. The van der Waals surface area contributed by atoms with Gasteiger partial charge in [-0.25, -0.2) is 4.98 Å². The van der Waals surface area contributed by atoms with Crippen LogP contribution in [0.1, 0.15) is 5.69 Å². The van der Waals surface area contributed by atoms with Crippen molar-refractivity contribution in [2.75, 3.05) is 46.0 Å². The van der Waals surface area contributed by atoms with Crippen LogP contribution in [0.5, 0.6) is 0 Å². The smallest absolute Gasteiger partial charge is 0.228 e. The molecule has 1 N–H and O–H groups in total. The highest BCUT2D eigenvalue weighted by molar-refractivity contribution is 7.15. The van der Waals surface area contributed by atoms with E-state index in [1.54, 1.807) is 11.3 Å². The monoisotopic (exact) mass is 336 g/mol. The molecule has 0 aromatic carbocycles. The second kappa shape index (κ2) is 6.20. The molecule has 1 amide bonds. The molecular weight excluding hydrogens is 316 g/mol. The first-order valence-corrected chi connectivity index (χ1v) is 8.73. The number of hydrogen-bond acceptors (Lipinski definition) is 6. The van der Waals surface area contributed by atoms with Gasteiger partial charge in [0.25, 0.3) is 0 Å². The quantitative estimate of drug-likeness (QED) is 0.846. The molecule has 2 fully saturated rings. The summed E-state index contributed by atoms with van der Waals surface area (Å²) in [4.78, 5) is 19.9. The summed E-state index contributed by atoms with van der Waals surface area (Å²) in [5.41, 5.74) is 0.400. The minimum absolute atomic E-state index is 0.0997. The summed E-state index contributed by atoms with van der Waals surface area (Å²) in [6.07, 6.45) is 4.22. The summed E-state index contributed by atoms with van der Waals surface area (Å²) in [7, 11) is 0. The van der Waals surface area contributed by atoms with Crippen molar-refractivity contribution in [1.29, 1.82) is 0 Å². The zero-order chi connectivity index (χ0) is 15.7. The molecule has 2 aromatic rings. The van der Waals surface area contributed by atoms with Gasteiger partial charge in [0, 0.05) is 37.4 Å². The highest BCUT2D eigenvalue weighted by Crippen LogP contribution is 2.21. The third kappa shape index (κ3) is 3.12. The van der Waals surface area contributed by atoms with Crippen LogP contribution in [0.4, 0.5) is 0 Å². The average molecular weight is 336 g/mol. The van der Waals surface area contributed by atoms with E-state index in [9.17, 15) is 4.79 Å². The number of thiazole rings is 1. The molecule has 8 heteroatoms. The second-order valence-electron chi connectivity index (χ2n) is 6.08. The predicted molar refractivity (Wildman–Crippen MR) is 85.7 cm³/mol. The molecule has 0 radical (unpaired) electrons. The van der Waals surface area contributed by atoms with Crippen LogP contribution in [0.25, 0.3) is 4.96 Å². The Morgan fingerprint density at radius 1 is 1.48 bits per heavy atom. The van der Waals surface area contributed by atoms with Gasteiger partial charge in [0.2, 0.25) is 5.91 Å². The number of carbonyl (C=O) groups excluding carboxylic acids is 1. The molecule has 23 heavy (non-hydrogen) atoms. The Labute approximate surface area is 138 Å². The Hall–Kier alpha value is -1.48. The van der Waals surface area contributed by atoms with E-state index in [-0.39, 0.29) is 5.91 Å². The lowest BCUT2D eigenvalue weighted by Gasteiger charge is -2.41. The zero-order valence-electron chi connectivity index (χ0n) is 12.9. The first kappa shape index (κ1) is 15.1. The molecule has 1 spiro atoms. The lowest BCUT2D eigenvalue weighted by molar-refractivity contribution is -0.157. The van der Waals surface area contributed by atoms with Crippen molar-refractivity contribution in [3.63, 3.8) is 0 Å². The molecular formula is C15H20N4O3S. The molecule has 4 rings (SSSR count). The fourth-order valence-corrected chi connectivity index (χ4v) is 3.87. The van der Waals surface area contributed by atoms with Gasteiger partial charge in [0.15, 0.2) is 4.96 Å². The lowest BCUT2D eigenvalue weighted by Crippen LogP contribution is -2.59. The maximum Gasteiger partial charge on any atom is 0.228 e. The molecule has 4 heterocycles. The standard InChI is InChI=1S/C15H20N4O3S/c20-13(7-12-8-18-3-6-23-14(18)17-12)19-2-5-22-15(10-19)9-16-1-4-21-11-15/h3,6,8,16H,1-2,4-5,7,9-11H2. The number of morpholine rings is 1. The summed E-state index contributed by atoms with van der Waals surface area (Å²) >= 11 is 1.57. The number of carbonyl (C=O) groups is 1. The van der Waals surface area contributed by atoms with E-state index in [0.717, 1.165) is 23.7 Å². The number of nitrogens with one attached hydrogen (secondary N) is 1. The van der Waals surface area contributed by atoms with Crippen molar-refractivity contribution >= 4 is 22.2 Å². The van der Waals surface area contributed by atoms with Crippen molar-refractivity contribution in [3.05, 3.63) is 23.5 Å². The van der Waals surface area contributed by atoms with Crippen LogP contribution in [-0.4, -0.2) is 71.8 Å². The number of nitrogens with zero attached hydrogens (tertiary/aromatic N) is 3. The van der Waals surface area contributed by atoms with Crippen molar-refractivity contribution in [2.24, 2.45) is 0 Å². The summed E-state index contributed by atoms with van der Waals surface area (Å²) in [6, 6.07) is 0. The minimum atomic E-state index is -0.418. The van der Waals surface area contributed by atoms with Crippen molar-refractivity contribution < 1.29 is 14.3 Å². The Balaban J connectivity index is 1.44. The number of ether oxygens (including phenoxy) is 2. The Bertz CT molecular complexity index is 661. The topological polar surface area (TPSA) is 68.1 Å². The molecule has 124 valence electrons. The summed E-state index contributed by atoms with van der Waals surface area (Å²) in [6.45, 7) is 4.51. The van der Waals surface area contributed by atoms with E-state index in [1.807, 2.05) is 27.1 Å². The van der Waals surface area contributed by atoms with Crippen LogP contribution < -0.4 is 5.32 Å². The SMILES string of the molecule is O=C(Cc1cn2ccsc2n1)N1CCOC2(CNCCOC2)C1. The van der Waals surface area contributed by atoms with Crippen LogP contribution in [-0.2, 0) is 20.7 Å². The van der Waals surface area contributed by atoms with Crippen molar-refractivity contribution in [1.82, 2.24) is 19.6 Å². The van der Waals surface area contributed by atoms with E-state index in [0.29, 0.717) is 39.3 Å².